The Bertz CT molecular complexity index is 282. The summed E-state index contributed by atoms with van der Waals surface area (Å²) in [7, 11) is 0. The maximum Gasteiger partial charge on any atom is 0.0232 e. The molecule has 0 N–H and O–H groups in total. The van der Waals surface area contributed by atoms with Gasteiger partial charge in [-0.1, -0.05) is 52.8 Å². The van der Waals surface area contributed by atoms with Gasteiger partial charge in [0.05, 0.1) is 0 Å². The van der Waals surface area contributed by atoms with E-state index in [1.54, 1.807) is 0 Å². The number of hydrogen-bond acceptors (Lipinski definition) is 1. The molecule has 1 atom stereocenters. The van der Waals surface area contributed by atoms with E-state index >= 15 is 0 Å². The third-order valence-electron chi connectivity index (χ3n) is 3.06. The molecule has 1 heteroatoms. The van der Waals surface area contributed by atoms with Crippen LogP contribution in [0.5, 0.6) is 0 Å². The van der Waals surface area contributed by atoms with Gasteiger partial charge in [0.2, 0.25) is 0 Å². The van der Waals surface area contributed by atoms with Crippen LogP contribution in [-0.2, 0) is 0 Å². The van der Waals surface area contributed by atoms with Crippen LogP contribution < -0.4 is 0 Å². The molecule has 14 heavy (non-hydrogen) atoms. The highest BCUT2D eigenvalue weighted by molar-refractivity contribution is 5.69. The zero-order valence-electron chi connectivity index (χ0n) is 9.91. The topological polar surface area (TPSA) is 12.4 Å². The van der Waals surface area contributed by atoms with Crippen molar-refractivity contribution in [1.29, 1.82) is 0 Å². The Balaban J connectivity index is 3.04. The van der Waals surface area contributed by atoms with Crippen molar-refractivity contribution in [1.82, 2.24) is 0 Å². The fraction of sp³-hybridized carbons (Fsp3) is 0.615. The van der Waals surface area contributed by atoms with E-state index < -0.39 is 0 Å². The molecule has 0 aromatic heterocycles. The highest BCUT2D eigenvalue weighted by Gasteiger charge is 2.24. The van der Waals surface area contributed by atoms with Crippen molar-refractivity contribution in [3.05, 3.63) is 24.4 Å². The van der Waals surface area contributed by atoms with Crippen LogP contribution >= 0.6 is 0 Å². The molecule has 0 amide bonds. The first-order chi connectivity index (χ1) is 6.36. The van der Waals surface area contributed by atoms with Gasteiger partial charge in [-0.15, -0.1) is 0 Å². The second-order valence-electron chi connectivity index (χ2n) is 5.27. The van der Waals surface area contributed by atoms with Gasteiger partial charge in [0, 0.05) is 23.2 Å². The molecule has 1 heterocycles. The van der Waals surface area contributed by atoms with E-state index in [0.29, 0.717) is 5.92 Å². The van der Waals surface area contributed by atoms with Gasteiger partial charge in [-0.05, 0) is 5.92 Å². The molecule has 0 bridgehead atoms. The van der Waals surface area contributed by atoms with Crippen LogP contribution in [0, 0.1) is 16.7 Å². The Morgan fingerprint density at radius 1 is 1.00 bits per heavy atom. The summed E-state index contributed by atoms with van der Waals surface area (Å²) in [5, 5.41) is 0. The molecule has 1 aliphatic rings. The van der Waals surface area contributed by atoms with Crippen LogP contribution in [-0.4, -0.2) is 6.21 Å². The van der Waals surface area contributed by atoms with Gasteiger partial charge in [-0.2, -0.15) is 0 Å². The monoisotopic (exact) mass is 191 g/mol. The second kappa shape index (κ2) is 3.72. The summed E-state index contributed by atoms with van der Waals surface area (Å²) in [6.07, 6.45) is 10.6. The number of aliphatic imine (C=N–C) groups is 1. The molecule has 1 nitrogen and oxygen atoms in total. The molecular formula is C13H21N. The third-order valence-corrected chi connectivity index (χ3v) is 3.06. The zero-order valence-corrected chi connectivity index (χ0v) is 9.91. The first-order valence-corrected chi connectivity index (χ1v) is 5.28. The third kappa shape index (κ3) is 2.57. The fourth-order valence-electron chi connectivity index (χ4n) is 1.27. The minimum atomic E-state index is 0.0853. The zero-order chi connectivity index (χ0) is 10.8. The Kier molecular flexibility index (Phi) is 2.98. The lowest BCUT2D eigenvalue weighted by atomic mass is 9.77. The van der Waals surface area contributed by atoms with Gasteiger partial charge in [-0.25, -0.2) is 0 Å². The van der Waals surface area contributed by atoms with E-state index in [4.69, 9.17) is 0 Å². The average Bonchev–Trinajstić information content (AvgIpc) is 2.07. The van der Waals surface area contributed by atoms with Gasteiger partial charge in [0.1, 0.15) is 0 Å². The van der Waals surface area contributed by atoms with Crippen molar-refractivity contribution >= 4 is 6.21 Å². The minimum absolute atomic E-state index is 0.0853. The first kappa shape index (κ1) is 11.2. The fourth-order valence-corrected chi connectivity index (χ4v) is 1.27. The molecule has 0 radical (unpaired) electrons. The molecule has 0 fully saturated rings. The summed E-state index contributed by atoms with van der Waals surface area (Å²) >= 11 is 0. The standard InChI is InChI=1S/C13H21N/c1-11(2)13(5)7-6-12(3,4)8-9-14-10-13/h6-11H,1-5H3/b7-6-,9-8-,14-10?. The van der Waals surface area contributed by atoms with Crippen LogP contribution in [0.1, 0.15) is 34.6 Å². The lowest BCUT2D eigenvalue weighted by molar-refractivity contribution is 0.417. The lowest BCUT2D eigenvalue weighted by Crippen LogP contribution is -2.24. The van der Waals surface area contributed by atoms with Crippen molar-refractivity contribution in [2.45, 2.75) is 34.6 Å². The predicted octanol–water partition coefficient (Wildman–Crippen LogP) is 3.83. The smallest absolute Gasteiger partial charge is 0.0232 e. The van der Waals surface area contributed by atoms with Crippen LogP contribution in [0.3, 0.4) is 0 Å². The number of nitrogens with zero attached hydrogens (tertiary/aromatic N) is 1. The van der Waals surface area contributed by atoms with Crippen molar-refractivity contribution in [2.24, 2.45) is 21.7 Å². The Hall–Kier alpha value is -0.850. The summed E-state index contributed by atoms with van der Waals surface area (Å²) in [6.45, 7) is 11.1. The minimum Gasteiger partial charge on any atom is -0.268 e. The van der Waals surface area contributed by atoms with Crippen molar-refractivity contribution in [3.8, 4) is 0 Å². The van der Waals surface area contributed by atoms with Gasteiger partial charge < -0.3 is 0 Å². The molecule has 1 aliphatic heterocycles. The van der Waals surface area contributed by atoms with Gasteiger partial charge in [-0.3, -0.25) is 4.99 Å². The summed E-state index contributed by atoms with van der Waals surface area (Å²) in [5.41, 5.74) is 0.204. The molecule has 78 valence electrons. The van der Waals surface area contributed by atoms with Crippen LogP contribution in [0.25, 0.3) is 0 Å². The Morgan fingerprint density at radius 2 is 1.64 bits per heavy atom. The normalized spacial score (nSPS) is 35.0. The summed E-state index contributed by atoms with van der Waals surface area (Å²) < 4.78 is 0. The van der Waals surface area contributed by atoms with Crippen molar-refractivity contribution in [2.75, 3.05) is 0 Å². The van der Waals surface area contributed by atoms with E-state index in [-0.39, 0.29) is 10.8 Å². The molecule has 0 aliphatic carbocycles. The molecule has 1 rings (SSSR count). The van der Waals surface area contributed by atoms with Crippen LogP contribution in [0.4, 0.5) is 0 Å². The molecule has 1 unspecified atom stereocenters. The maximum atomic E-state index is 4.34. The molecule has 0 spiro atoms. The number of rotatable bonds is 1. The SMILES string of the molecule is CC(C)C1(C)C=N/C=C\C(C)(C)/C=C\1. The lowest BCUT2D eigenvalue weighted by Gasteiger charge is -2.28. The summed E-state index contributed by atoms with van der Waals surface area (Å²) in [4.78, 5) is 4.34. The van der Waals surface area contributed by atoms with E-state index in [1.165, 1.54) is 0 Å². The second-order valence-corrected chi connectivity index (χ2v) is 5.27. The highest BCUT2D eigenvalue weighted by atomic mass is 14.7. The van der Waals surface area contributed by atoms with Crippen molar-refractivity contribution < 1.29 is 0 Å². The molecule has 0 aromatic carbocycles. The summed E-state index contributed by atoms with van der Waals surface area (Å²) in [5.74, 6) is 0.574. The van der Waals surface area contributed by atoms with Gasteiger partial charge >= 0.3 is 0 Å². The number of allylic oxidation sites excluding steroid dienone is 3. The van der Waals surface area contributed by atoms with Gasteiger partial charge in [0.25, 0.3) is 0 Å². The van der Waals surface area contributed by atoms with Crippen molar-refractivity contribution in [3.63, 3.8) is 0 Å². The molecule has 0 saturated carbocycles. The largest absolute Gasteiger partial charge is 0.268 e. The molecule has 0 saturated heterocycles. The highest BCUT2D eigenvalue weighted by Crippen LogP contribution is 2.31. The van der Waals surface area contributed by atoms with Gasteiger partial charge in [0.15, 0.2) is 0 Å². The molecular weight excluding hydrogens is 170 g/mol. The quantitative estimate of drug-likeness (QED) is 0.559. The Labute approximate surface area is 87.6 Å². The van der Waals surface area contributed by atoms with E-state index in [9.17, 15) is 0 Å². The average molecular weight is 191 g/mol. The predicted molar refractivity (Wildman–Crippen MR) is 63.5 cm³/mol. The van der Waals surface area contributed by atoms with Crippen LogP contribution in [0.2, 0.25) is 0 Å². The van der Waals surface area contributed by atoms with Crippen LogP contribution in [0.15, 0.2) is 29.4 Å². The van der Waals surface area contributed by atoms with E-state index in [2.05, 4.69) is 57.8 Å². The number of hydrogen-bond donors (Lipinski definition) is 0. The first-order valence-electron chi connectivity index (χ1n) is 5.28. The summed E-state index contributed by atoms with van der Waals surface area (Å²) in [6, 6.07) is 0. The van der Waals surface area contributed by atoms with E-state index in [1.807, 2.05) is 12.4 Å². The maximum absolute atomic E-state index is 4.34. The van der Waals surface area contributed by atoms with E-state index in [0.717, 1.165) is 0 Å². The Morgan fingerprint density at radius 3 is 2.21 bits per heavy atom. The molecule has 0 aromatic rings.